The topological polar surface area (TPSA) is 45.9 Å². The third-order valence-corrected chi connectivity index (χ3v) is 3.96. The van der Waals surface area contributed by atoms with E-state index in [0.29, 0.717) is 12.0 Å². The SMILES string of the molecule is CC(C)(C)CCCCCCCCCOC(C#N)c1cccnc1. The molecule has 0 amide bonds. The second kappa shape index (κ2) is 11.2. The number of nitrogens with zero attached hydrogens (tertiary/aromatic N) is 2. The van der Waals surface area contributed by atoms with Crippen LogP contribution in [0, 0.1) is 16.7 Å². The highest BCUT2D eigenvalue weighted by molar-refractivity contribution is 5.17. The molecule has 23 heavy (non-hydrogen) atoms. The van der Waals surface area contributed by atoms with Crippen LogP contribution in [0.5, 0.6) is 0 Å². The van der Waals surface area contributed by atoms with Crippen molar-refractivity contribution < 1.29 is 4.74 Å². The van der Waals surface area contributed by atoms with E-state index in [-0.39, 0.29) is 0 Å². The Hall–Kier alpha value is -1.40. The molecule has 1 aromatic heterocycles. The van der Waals surface area contributed by atoms with Gasteiger partial charge in [-0.3, -0.25) is 4.98 Å². The van der Waals surface area contributed by atoms with E-state index in [4.69, 9.17) is 10.00 Å². The Bertz CT molecular complexity index is 445. The van der Waals surface area contributed by atoms with Gasteiger partial charge >= 0.3 is 0 Å². The molecule has 0 aliphatic carbocycles. The van der Waals surface area contributed by atoms with Crippen molar-refractivity contribution in [2.75, 3.05) is 6.61 Å². The van der Waals surface area contributed by atoms with Crippen molar-refractivity contribution >= 4 is 0 Å². The summed E-state index contributed by atoms with van der Waals surface area (Å²) in [5.74, 6) is 0. The van der Waals surface area contributed by atoms with Gasteiger partial charge in [-0.15, -0.1) is 0 Å². The molecule has 0 aliphatic rings. The van der Waals surface area contributed by atoms with Gasteiger partial charge in [0.25, 0.3) is 0 Å². The van der Waals surface area contributed by atoms with Crippen molar-refractivity contribution in [1.82, 2.24) is 4.98 Å². The maximum absolute atomic E-state index is 9.16. The molecule has 0 aliphatic heterocycles. The smallest absolute Gasteiger partial charge is 0.170 e. The van der Waals surface area contributed by atoms with Gasteiger partial charge in [-0.1, -0.05) is 65.4 Å². The van der Waals surface area contributed by atoms with Crippen molar-refractivity contribution in [3.05, 3.63) is 30.1 Å². The van der Waals surface area contributed by atoms with E-state index < -0.39 is 6.10 Å². The summed E-state index contributed by atoms with van der Waals surface area (Å²) in [7, 11) is 0. The van der Waals surface area contributed by atoms with Crippen LogP contribution in [0.25, 0.3) is 0 Å². The highest BCUT2D eigenvalue weighted by Gasteiger charge is 2.10. The van der Waals surface area contributed by atoms with Gasteiger partial charge in [0, 0.05) is 24.6 Å². The molecule has 0 radical (unpaired) electrons. The minimum Gasteiger partial charge on any atom is -0.359 e. The number of aromatic nitrogens is 1. The quantitative estimate of drug-likeness (QED) is 0.482. The minimum atomic E-state index is -0.485. The predicted octanol–water partition coefficient (Wildman–Crippen LogP) is 5.83. The molecule has 0 N–H and O–H groups in total. The summed E-state index contributed by atoms with van der Waals surface area (Å²) in [6.07, 6.45) is 13.1. The van der Waals surface area contributed by atoms with Crippen LogP contribution in [0.4, 0.5) is 0 Å². The fourth-order valence-corrected chi connectivity index (χ4v) is 2.58. The lowest BCUT2D eigenvalue weighted by Crippen LogP contribution is -2.04. The number of hydrogen-bond donors (Lipinski definition) is 0. The Morgan fingerprint density at radius 1 is 1.09 bits per heavy atom. The number of pyridine rings is 1. The summed E-state index contributed by atoms with van der Waals surface area (Å²) in [5, 5.41) is 9.16. The number of rotatable bonds is 11. The van der Waals surface area contributed by atoms with Gasteiger partial charge in [-0.25, -0.2) is 0 Å². The third-order valence-electron chi connectivity index (χ3n) is 3.96. The summed E-state index contributed by atoms with van der Waals surface area (Å²) in [4.78, 5) is 4.03. The van der Waals surface area contributed by atoms with Gasteiger partial charge in [0.1, 0.15) is 0 Å². The van der Waals surface area contributed by atoms with E-state index >= 15 is 0 Å². The summed E-state index contributed by atoms with van der Waals surface area (Å²) in [6, 6.07) is 5.92. The predicted molar refractivity (Wildman–Crippen MR) is 94.9 cm³/mol. The molecular formula is C20H32N2O. The van der Waals surface area contributed by atoms with Crippen LogP contribution < -0.4 is 0 Å². The minimum absolute atomic E-state index is 0.475. The standard InChI is InChI=1S/C20H32N2O/c1-20(2,3)13-9-7-5-4-6-8-10-15-23-19(16-21)18-12-11-14-22-17-18/h11-12,14,17,19H,4-10,13,15H2,1-3H3. The summed E-state index contributed by atoms with van der Waals surface area (Å²) in [6.45, 7) is 7.59. The lowest BCUT2D eigenvalue weighted by molar-refractivity contribution is 0.0865. The average molecular weight is 316 g/mol. The fourth-order valence-electron chi connectivity index (χ4n) is 2.58. The Kier molecular flexibility index (Phi) is 9.55. The highest BCUT2D eigenvalue weighted by Crippen LogP contribution is 2.22. The molecule has 0 aromatic carbocycles. The first-order valence-corrected chi connectivity index (χ1v) is 8.94. The second-order valence-electron chi connectivity index (χ2n) is 7.45. The van der Waals surface area contributed by atoms with Crippen LogP contribution in [-0.4, -0.2) is 11.6 Å². The van der Waals surface area contributed by atoms with Gasteiger partial charge in [-0.2, -0.15) is 5.26 Å². The van der Waals surface area contributed by atoms with Crippen molar-refractivity contribution in [3.8, 4) is 6.07 Å². The Balaban J connectivity index is 1.98. The van der Waals surface area contributed by atoms with E-state index in [2.05, 4.69) is 31.8 Å². The van der Waals surface area contributed by atoms with Crippen LogP contribution in [0.15, 0.2) is 24.5 Å². The summed E-state index contributed by atoms with van der Waals surface area (Å²) < 4.78 is 5.66. The monoisotopic (exact) mass is 316 g/mol. The molecular weight excluding hydrogens is 284 g/mol. The molecule has 3 heteroatoms. The molecule has 1 unspecified atom stereocenters. The Morgan fingerprint density at radius 3 is 2.30 bits per heavy atom. The summed E-state index contributed by atoms with van der Waals surface area (Å²) >= 11 is 0. The molecule has 0 saturated heterocycles. The molecule has 1 aromatic rings. The molecule has 1 rings (SSSR count). The van der Waals surface area contributed by atoms with E-state index in [1.807, 2.05) is 12.1 Å². The van der Waals surface area contributed by atoms with Gasteiger partial charge in [0.05, 0.1) is 6.07 Å². The summed E-state index contributed by atoms with van der Waals surface area (Å²) in [5.41, 5.74) is 1.32. The largest absolute Gasteiger partial charge is 0.359 e. The zero-order valence-corrected chi connectivity index (χ0v) is 15.1. The molecule has 3 nitrogen and oxygen atoms in total. The van der Waals surface area contributed by atoms with Crippen LogP contribution in [0.2, 0.25) is 0 Å². The van der Waals surface area contributed by atoms with Gasteiger partial charge in [0.2, 0.25) is 0 Å². The highest BCUT2D eigenvalue weighted by atomic mass is 16.5. The molecule has 0 bridgehead atoms. The first kappa shape index (κ1) is 19.6. The van der Waals surface area contributed by atoms with Crippen LogP contribution in [0.3, 0.4) is 0 Å². The Morgan fingerprint density at radius 2 is 1.74 bits per heavy atom. The fraction of sp³-hybridized carbons (Fsp3) is 0.700. The molecule has 128 valence electrons. The van der Waals surface area contributed by atoms with Crippen molar-refractivity contribution in [2.24, 2.45) is 5.41 Å². The number of nitriles is 1. The van der Waals surface area contributed by atoms with E-state index in [9.17, 15) is 0 Å². The van der Waals surface area contributed by atoms with E-state index in [1.54, 1.807) is 12.4 Å². The van der Waals surface area contributed by atoms with Gasteiger partial charge in [0.15, 0.2) is 6.10 Å². The molecule has 0 spiro atoms. The van der Waals surface area contributed by atoms with Crippen molar-refractivity contribution in [2.45, 2.75) is 78.2 Å². The molecule has 0 saturated carbocycles. The number of ether oxygens (including phenoxy) is 1. The molecule has 1 heterocycles. The van der Waals surface area contributed by atoms with Crippen LogP contribution >= 0.6 is 0 Å². The molecule has 1 atom stereocenters. The Labute approximate surface area is 142 Å². The van der Waals surface area contributed by atoms with Gasteiger partial charge < -0.3 is 4.74 Å². The van der Waals surface area contributed by atoms with Crippen LogP contribution in [-0.2, 0) is 4.74 Å². The first-order chi connectivity index (χ1) is 11.0. The third kappa shape index (κ3) is 10.1. The second-order valence-corrected chi connectivity index (χ2v) is 7.45. The lowest BCUT2D eigenvalue weighted by Gasteiger charge is -2.17. The van der Waals surface area contributed by atoms with E-state index in [0.717, 1.165) is 12.0 Å². The van der Waals surface area contributed by atoms with Gasteiger partial charge in [-0.05, 0) is 24.3 Å². The maximum Gasteiger partial charge on any atom is 0.170 e. The zero-order valence-electron chi connectivity index (χ0n) is 15.1. The van der Waals surface area contributed by atoms with Crippen molar-refractivity contribution in [3.63, 3.8) is 0 Å². The normalized spacial score (nSPS) is 12.8. The lowest BCUT2D eigenvalue weighted by atomic mass is 9.89. The molecule has 0 fully saturated rings. The zero-order chi connectivity index (χ0) is 17.0. The van der Waals surface area contributed by atoms with Crippen molar-refractivity contribution in [1.29, 1.82) is 5.26 Å². The van der Waals surface area contributed by atoms with Crippen LogP contribution in [0.1, 0.15) is 83.8 Å². The van der Waals surface area contributed by atoms with E-state index in [1.165, 1.54) is 44.9 Å². The average Bonchev–Trinajstić information content (AvgIpc) is 2.52. The number of unbranched alkanes of at least 4 members (excludes halogenated alkanes) is 6. The maximum atomic E-state index is 9.16. The number of hydrogen-bond acceptors (Lipinski definition) is 3. The first-order valence-electron chi connectivity index (χ1n) is 8.94.